The van der Waals surface area contributed by atoms with Gasteiger partial charge in [0, 0.05) is 21.9 Å². The van der Waals surface area contributed by atoms with Gasteiger partial charge >= 0.3 is 0 Å². The standard InChI is InChI=1S/C22H21ClN6S/c1-2-3-10-21-24-14-18(29(21)15-16-7-4-5-9-20(16)23)12-17(22-25-27-28-26-22)13-19-8-6-11-30-19/h3-12,14H,2,13,15H2,1H3,(H,25,26,27,28)/b10-3?,17-12+. The molecule has 4 aromatic rings. The number of hydrogen-bond donors (Lipinski definition) is 1. The number of tetrazole rings is 1. The van der Waals surface area contributed by atoms with Crippen molar-refractivity contribution in [3.8, 4) is 0 Å². The van der Waals surface area contributed by atoms with Crippen LogP contribution in [0.25, 0.3) is 17.7 Å². The van der Waals surface area contributed by atoms with Crippen molar-refractivity contribution in [1.29, 1.82) is 0 Å². The molecule has 1 N–H and O–H groups in total. The predicted molar refractivity (Wildman–Crippen MR) is 122 cm³/mol. The van der Waals surface area contributed by atoms with Crippen molar-refractivity contribution in [2.45, 2.75) is 26.3 Å². The number of benzene rings is 1. The molecule has 0 aliphatic rings. The van der Waals surface area contributed by atoms with Crippen molar-refractivity contribution in [3.05, 3.63) is 86.9 Å². The van der Waals surface area contributed by atoms with Crippen LogP contribution in [0, 0.1) is 0 Å². The fourth-order valence-electron chi connectivity index (χ4n) is 3.12. The Bertz CT molecular complexity index is 1140. The molecule has 0 aliphatic heterocycles. The maximum atomic E-state index is 6.43. The highest BCUT2D eigenvalue weighted by Crippen LogP contribution is 2.25. The van der Waals surface area contributed by atoms with Crippen LogP contribution in [0.1, 0.15) is 41.1 Å². The zero-order valence-corrected chi connectivity index (χ0v) is 18.1. The highest BCUT2D eigenvalue weighted by molar-refractivity contribution is 7.10. The first-order valence-electron chi connectivity index (χ1n) is 9.67. The highest BCUT2D eigenvalue weighted by atomic mass is 35.5. The second-order valence-corrected chi connectivity index (χ2v) is 8.13. The Morgan fingerprint density at radius 1 is 1.23 bits per heavy atom. The molecule has 152 valence electrons. The molecule has 1 aromatic carbocycles. The lowest BCUT2D eigenvalue weighted by molar-refractivity contribution is 0.779. The van der Waals surface area contributed by atoms with E-state index in [0.29, 0.717) is 18.8 Å². The van der Waals surface area contributed by atoms with Gasteiger partial charge in [-0.2, -0.15) is 5.21 Å². The molecule has 0 atom stereocenters. The van der Waals surface area contributed by atoms with Crippen molar-refractivity contribution in [2.24, 2.45) is 0 Å². The molecule has 3 aromatic heterocycles. The summed E-state index contributed by atoms with van der Waals surface area (Å²) in [5, 5.41) is 17.5. The van der Waals surface area contributed by atoms with Crippen LogP contribution in [0.15, 0.2) is 54.1 Å². The van der Waals surface area contributed by atoms with E-state index in [1.165, 1.54) is 4.88 Å². The van der Waals surface area contributed by atoms with Crippen LogP contribution in [0.5, 0.6) is 0 Å². The minimum Gasteiger partial charge on any atom is -0.320 e. The van der Waals surface area contributed by atoms with Crippen LogP contribution in [-0.4, -0.2) is 30.2 Å². The zero-order chi connectivity index (χ0) is 20.8. The smallest absolute Gasteiger partial charge is 0.201 e. The quantitative estimate of drug-likeness (QED) is 0.403. The molecule has 6 nitrogen and oxygen atoms in total. The number of imidazole rings is 1. The van der Waals surface area contributed by atoms with E-state index in [0.717, 1.165) is 34.1 Å². The molecule has 3 heterocycles. The van der Waals surface area contributed by atoms with Gasteiger partial charge in [0.2, 0.25) is 5.82 Å². The monoisotopic (exact) mass is 436 g/mol. The maximum Gasteiger partial charge on any atom is 0.201 e. The van der Waals surface area contributed by atoms with E-state index in [1.807, 2.05) is 42.6 Å². The van der Waals surface area contributed by atoms with Crippen LogP contribution in [-0.2, 0) is 13.0 Å². The Hall–Kier alpha value is -3.03. The number of nitrogens with one attached hydrogen (secondary N) is 1. The zero-order valence-electron chi connectivity index (χ0n) is 16.5. The van der Waals surface area contributed by atoms with Gasteiger partial charge in [-0.15, -0.1) is 21.5 Å². The van der Waals surface area contributed by atoms with E-state index in [1.54, 1.807) is 11.3 Å². The Labute approximate surface area is 183 Å². The van der Waals surface area contributed by atoms with Crippen molar-refractivity contribution in [2.75, 3.05) is 0 Å². The average Bonchev–Trinajstić information content (AvgIpc) is 3.51. The first-order valence-corrected chi connectivity index (χ1v) is 10.9. The third kappa shape index (κ3) is 4.75. The van der Waals surface area contributed by atoms with E-state index >= 15 is 0 Å². The summed E-state index contributed by atoms with van der Waals surface area (Å²) in [6.45, 7) is 2.72. The molecule has 0 aliphatic carbocycles. The summed E-state index contributed by atoms with van der Waals surface area (Å²) in [6, 6.07) is 12.0. The molecule has 0 spiro atoms. The lowest BCUT2D eigenvalue weighted by Gasteiger charge is -2.11. The number of thiophene rings is 1. The number of halogens is 1. The second-order valence-electron chi connectivity index (χ2n) is 6.69. The predicted octanol–water partition coefficient (Wildman–Crippen LogP) is 5.37. The van der Waals surface area contributed by atoms with Gasteiger partial charge < -0.3 is 4.57 Å². The fraction of sp³-hybridized carbons (Fsp3) is 0.182. The summed E-state index contributed by atoms with van der Waals surface area (Å²) in [6.07, 6.45) is 9.76. The van der Waals surface area contributed by atoms with E-state index in [9.17, 15) is 0 Å². The van der Waals surface area contributed by atoms with Gasteiger partial charge in [-0.1, -0.05) is 48.9 Å². The molecule has 0 amide bonds. The highest BCUT2D eigenvalue weighted by Gasteiger charge is 2.14. The summed E-state index contributed by atoms with van der Waals surface area (Å²) >= 11 is 8.14. The molecule has 0 fully saturated rings. The van der Waals surface area contributed by atoms with Crippen LogP contribution >= 0.6 is 22.9 Å². The van der Waals surface area contributed by atoms with Crippen LogP contribution in [0.3, 0.4) is 0 Å². The Morgan fingerprint density at radius 2 is 2.13 bits per heavy atom. The fourth-order valence-corrected chi connectivity index (χ4v) is 4.04. The number of H-pyrrole nitrogens is 1. The van der Waals surface area contributed by atoms with Crippen molar-refractivity contribution in [3.63, 3.8) is 0 Å². The first kappa shape index (κ1) is 20.3. The maximum absolute atomic E-state index is 6.43. The van der Waals surface area contributed by atoms with Gasteiger partial charge in [-0.3, -0.25) is 0 Å². The minimum absolute atomic E-state index is 0.583. The number of allylic oxidation sites excluding steroid dienone is 2. The molecule has 0 saturated heterocycles. The Balaban J connectivity index is 1.77. The van der Waals surface area contributed by atoms with Gasteiger partial charge in [0.05, 0.1) is 18.4 Å². The van der Waals surface area contributed by atoms with Crippen molar-refractivity contribution in [1.82, 2.24) is 30.2 Å². The van der Waals surface area contributed by atoms with E-state index in [2.05, 4.69) is 60.7 Å². The molecule has 0 bridgehead atoms. The van der Waals surface area contributed by atoms with E-state index in [-0.39, 0.29) is 0 Å². The molecule has 8 heteroatoms. The number of aromatic nitrogens is 6. The van der Waals surface area contributed by atoms with Gasteiger partial charge in [0.15, 0.2) is 0 Å². The second kappa shape index (κ2) is 9.65. The largest absolute Gasteiger partial charge is 0.320 e. The van der Waals surface area contributed by atoms with Crippen LogP contribution in [0.2, 0.25) is 5.02 Å². The average molecular weight is 437 g/mol. The Morgan fingerprint density at radius 3 is 2.87 bits per heavy atom. The normalized spacial score (nSPS) is 12.1. The topological polar surface area (TPSA) is 72.3 Å². The number of nitrogens with zero attached hydrogens (tertiary/aromatic N) is 5. The third-order valence-corrected chi connectivity index (χ3v) is 5.85. The number of hydrogen-bond acceptors (Lipinski definition) is 5. The minimum atomic E-state index is 0.583. The van der Waals surface area contributed by atoms with Gasteiger partial charge in [-0.05, 0) is 46.9 Å². The van der Waals surface area contributed by atoms with E-state index in [4.69, 9.17) is 11.6 Å². The third-order valence-electron chi connectivity index (χ3n) is 4.61. The lowest BCUT2D eigenvalue weighted by atomic mass is 10.1. The lowest BCUT2D eigenvalue weighted by Crippen LogP contribution is -2.05. The van der Waals surface area contributed by atoms with Gasteiger partial charge in [-0.25, -0.2) is 4.98 Å². The van der Waals surface area contributed by atoms with Gasteiger partial charge in [0.25, 0.3) is 0 Å². The first-order chi connectivity index (χ1) is 14.7. The van der Waals surface area contributed by atoms with Crippen molar-refractivity contribution < 1.29 is 0 Å². The summed E-state index contributed by atoms with van der Waals surface area (Å²) < 4.78 is 2.15. The summed E-state index contributed by atoms with van der Waals surface area (Å²) in [5.41, 5.74) is 2.97. The molecular formula is C22H21ClN6S. The van der Waals surface area contributed by atoms with Crippen molar-refractivity contribution >= 4 is 40.7 Å². The molecule has 0 radical (unpaired) electrons. The summed E-state index contributed by atoms with van der Waals surface area (Å²) in [7, 11) is 0. The Kier molecular flexibility index (Phi) is 6.51. The molecule has 0 saturated carbocycles. The number of rotatable bonds is 8. The molecular weight excluding hydrogens is 416 g/mol. The summed E-state index contributed by atoms with van der Waals surface area (Å²) in [5.74, 6) is 1.46. The van der Waals surface area contributed by atoms with Crippen LogP contribution in [0.4, 0.5) is 0 Å². The molecule has 4 rings (SSSR count). The van der Waals surface area contributed by atoms with Gasteiger partial charge in [0.1, 0.15) is 5.82 Å². The molecule has 0 unspecified atom stereocenters. The summed E-state index contributed by atoms with van der Waals surface area (Å²) in [4.78, 5) is 5.87. The SMILES string of the molecule is CCC=Cc1ncc(/C=C(\Cc2cccs2)c2nn[nH]n2)n1Cc1ccccc1Cl. The van der Waals surface area contributed by atoms with E-state index < -0.39 is 0 Å². The van der Waals surface area contributed by atoms with Crippen LogP contribution < -0.4 is 0 Å². The molecule has 30 heavy (non-hydrogen) atoms. The number of aromatic amines is 1.